The van der Waals surface area contributed by atoms with Gasteiger partial charge in [-0.2, -0.15) is 9.78 Å². The second-order valence-corrected chi connectivity index (χ2v) is 6.92. The summed E-state index contributed by atoms with van der Waals surface area (Å²) in [7, 11) is 4.03. The Morgan fingerprint density at radius 1 is 1.16 bits per heavy atom. The van der Waals surface area contributed by atoms with Gasteiger partial charge in [0.25, 0.3) is 0 Å². The number of benzene rings is 2. The van der Waals surface area contributed by atoms with Gasteiger partial charge in [0.05, 0.1) is 6.21 Å². The summed E-state index contributed by atoms with van der Waals surface area (Å²) < 4.78 is 1.67. The van der Waals surface area contributed by atoms with E-state index in [2.05, 4.69) is 32.3 Å². The fourth-order valence-electron chi connectivity index (χ4n) is 2.14. The van der Waals surface area contributed by atoms with Crippen molar-refractivity contribution >= 4 is 35.3 Å². The van der Waals surface area contributed by atoms with Crippen LogP contribution in [0.4, 0.5) is 5.69 Å². The zero-order chi connectivity index (χ0) is 17.6. The average molecular weight is 372 g/mol. The number of thioether (sulfide) groups is 1. The van der Waals surface area contributed by atoms with E-state index in [9.17, 15) is 0 Å². The van der Waals surface area contributed by atoms with E-state index in [1.807, 2.05) is 50.5 Å². The van der Waals surface area contributed by atoms with E-state index in [4.69, 9.17) is 11.6 Å². The topological polar surface area (TPSA) is 46.3 Å². The van der Waals surface area contributed by atoms with Gasteiger partial charge in [-0.15, -0.1) is 10.2 Å². The Hall–Kier alpha value is -2.31. The third kappa shape index (κ3) is 4.61. The number of aromatic nitrogens is 3. The minimum absolute atomic E-state index is 0.714. The lowest BCUT2D eigenvalue weighted by molar-refractivity contribution is 0.767. The highest BCUT2D eigenvalue weighted by Crippen LogP contribution is 2.25. The molecule has 0 aliphatic heterocycles. The average Bonchev–Trinajstić information content (AvgIpc) is 3.07. The molecule has 0 radical (unpaired) electrons. The molecule has 128 valence electrons. The van der Waals surface area contributed by atoms with Gasteiger partial charge in [0.15, 0.2) is 0 Å². The number of halogens is 1. The third-order valence-electron chi connectivity index (χ3n) is 3.56. The van der Waals surface area contributed by atoms with Crippen LogP contribution in [0.3, 0.4) is 0 Å². The first-order valence-corrected chi connectivity index (χ1v) is 9.08. The summed E-state index contributed by atoms with van der Waals surface area (Å²) in [6.07, 6.45) is 3.39. The van der Waals surface area contributed by atoms with Crippen LogP contribution in [0.1, 0.15) is 11.1 Å². The van der Waals surface area contributed by atoms with Crippen molar-refractivity contribution in [1.82, 2.24) is 14.9 Å². The van der Waals surface area contributed by atoms with Gasteiger partial charge in [0, 0.05) is 30.6 Å². The molecule has 3 rings (SSSR count). The van der Waals surface area contributed by atoms with E-state index >= 15 is 0 Å². The number of hydrogen-bond acceptors (Lipinski definition) is 5. The van der Waals surface area contributed by atoms with Crippen molar-refractivity contribution in [3.05, 3.63) is 71.0 Å². The predicted molar refractivity (Wildman–Crippen MR) is 105 cm³/mol. The molecule has 1 heterocycles. The highest BCUT2D eigenvalue weighted by Gasteiger charge is 2.06. The lowest BCUT2D eigenvalue weighted by atomic mass is 10.2. The summed E-state index contributed by atoms with van der Waals surface area (Å²) in [6, 6.07) is 16.0. The maximum Gasteiger partial charge on any atom is 0.212 e. The molecule has 0 spiro atoms. The molecule has 0 N–H and O–H groups in total. The molecule has 0 atom stereocenters. The van der Waals surface area contributed by atoms with Gasteiger partial charge < -0.3 is 4.90 Å². The van der Waals surface area contributed by atoms with Crippen molar-refractivity contribution in [2.24, 2.45) is 5.10 Å². The van der Waals surface area contributed by atoms with Crippen molar-refractivity contribution in [2.75, 3.05) is 19.0 Å². The molecule has 0 aliphatic carbocycles. The molecule has 2 aromatic carbocycles. The van der Waals surface area contributed by atoms with E-state index in [1.165, 1.54) is 0 Å². The smallest absolute Gasteiger partial charge is 0.212 e. The van der Waals surface area contributed by atoms with Gasteiger partial charge >= 0.3 is 0 Å². The van der Waals surface area contributed by atoms with E-state index in [-0.39, 0.29) is 0 Å². The standard InChI is InChI=1S/C18H18ClN5S/c1-23(2)16-9-7-14(8-10-16)11-21-24-13-20-22-18(24)25-12-15-5-3-4-6-17(15)19/h3-11,13H,12H2,1-2H3/b21-11+. The number of nitrogens with zero attached hydrogens (tertiary/aromatic N) is 5. The maximum atomic E-state index is 6.19. The van der Waals surface area contributed by atoms with E-state index in [0.29, 0.717) is 5.75 Å². The molecule has 3 aromatic rings. The quantitative estimate of drug-likeness (QED) is 0.482. The Balaban J connectivity index is 1.68. The van der Waals surface area contributed by atoms with Gasteiger partial charge in [-0.25, -0.2) is 0 Å². The molecule has 0 amide bonds. The van der Waals surface area contributed by atoms with Gasteiger partial charge in [-0.1, -0.05) is 53.7 Å². The fourth-order valence-corrected chi connectivity index (χ4v) is 3.29. The molecule has 0 saturated carbocycles. The minimum Gasteiger partial charge on any atom is -0.378 e. The zero-order valence-corrected chi connectivity index (χ0v) is 15.6. The van der Waals surface area contributed by atoms with Crippen LogP contribution >= 0.6 is 23.4 Å². The van der Waals surface area contributed by atoms with Gasteiger partial charge in [0.2, 0.25) is 5.16 Å². The first-order chi connectivity index (χ1) is 12.1. The van der Waals surface area contributed by atoms with Crippen LogP contribution in [0.2, 0.25) is 5.02 Å². The van der Waals surface area contributed by atoms with E-state index < -0.39 is 0 Å². The predicted octanol–water partition coefficient (Wildman–Crippen LogP) is 4.17. The molecule has 1 aromatic heterocycles. The Bertz CT molecular complexity index is 858. The van der Waals surface area contributed by atoms with Gasteiger partial charge in [-0.3, -0.25) is 0 Å². The number of hydrogen-bond donors (Lipinski definition) is 0. The summed E-state index contributed by atoms with van der Waals surface area (Å²) in [5.74, 6) is 0.714. The fraction of sp³-hybridized carbons (Fsp3) is 0.167. The van der Waals surface area contributed by atoms with E-state index in [1.54, 1.807) is 29.0 Å². The second-order valence-electron chi connectivity index (χ2n) is 5.57. The first kappa shape index (κ1) is 17.5. The molecule has 0 saturated heterocycles. The Morgan fingerprint density at radius 3 is 2.64 bits per heavy atom. The molecular formula is C18H18ClN5S. The maximum absolute atomic E-state index is 6.19. The molecule has 0 fully saturated rings. The summed E-state index contributed by atoms with van der Waals surface area (Å²) >= 11 is 7.74. The van der Waals surface area contributed by atoms with Crippen molar-refractivity contribution in [2.45, 2.75) is 10.9 Å². The molecule has 0 aliphatic rings. The van der Waals surface area contributed by atoms with E-state index in [0.717, 1.165) is 27.0 Å². The third-order valence-corrected chi connectivity index (χ3v) is 4.91. The second kappa shape index (κ2) is 8.18. The number of rotatable bonds is 6. The van der Waals surface area contributed by atoms with Crippen LogP contribution in [0.25, 0.3) is 0 Å². The molecule has 25 heavy (non-hydrogen) atoms. The van der Waals surface area contributed by atoms with Crippen LogP contribution in [0.15, 0.2) is 65.1 Å². The largest absolute Gasteiger partial charge is 0.378 e. The molecule has 7 heteroatoms. The van der Waals surface area contributed by atoms with Crippen LogP contribution < -0.4 is 4.90 Å². The first-order valence-electron chi connectivity index (χ1n) is 7.71. The molecule has 0 unspecified atom stereocenters. The van der Waals surface area contributed by atoms with Crippen molar-refractivity contribution in [3.8, 4) is 0 Å². The lowest BCUT2D eigenvalue weighted by Gasteiger charge is -2.11. The summed E-state index contributed by atoms with van der Waals surface area (Å²) in [4.78, 5) is 2.06. The van der Waals surface area contributed by atoms with Crippen molar-refractivity contribution in [1.29, 1.82) is 0 Å². The monoisotopic (exact) mass is 371 g/mol. The normalized spacial score (nSPS) is 11.2. The zero-order valence-electron chi connectivity index (χ0n) is 14.0. The van der Waals surface area contributed by atoms with Gasteiger partial charge in [-0.05, 0) is 29.3 Å². The summed E-state index contributed by atoms with van der Waals surface area (Å²) in [5.41, 5.74) is 3.23. The van der Waals surface area contributed by atoms with Crippen LogP contribution in [-0.4, -0.2) is 35.2 Å². The van der Waals surface area contributed by atoms with Crippen LogP contribution in [0.5, 0.6) is 0 Å². The SMILES string of the molecule is CN(C)c1ccc(/C=N/n2cnnc2SCc2ccccc2Cl)cc1. The van der Waals surface area contributed by atoms with Crippen LogP contribution in [0, 0.1) is 0 Å². The van der Waals surface area contributed by atoms with Crippen molar-refractivity contribution < 1.29 is 0 Å². The molecule has 0 bridgehead atoms. The highest BCUT2D eigenvalue weighted by atomic mass is 35.5. The number of anilines is 1. The highest BCUT2D eigenvalue weighted by molar-refractivity contribution is 7.98. The molecular weight excluding hydrogens is 354 g/mol. The lowest BCUT2D eigenvalue weighted by Crippen LogP contribution is -2.08. The minimum atomic E-state index is 0.714. The molecule has 5 nitrogen and oxygen atoms in total. The Labute approximate surface area is 156 Å². The van der Waals surface area contributed by atoms with Crippen molar-refractivity contribution in [3.63, 3.8) is 0 Å². The van der Waals surface area contributed by atoms with Crippen LogP contribution in [-0.2, 0) is 5.75 Å². The van der Waals surface area contributed by atoms with Gasteiger partial charge in [0.1, 0.15) is 6.33 Å². The summed E-state index contributed by atoms with van der Waals surface area (Å²) in [6.45, 7) is 0. The Morgan fingerprint density at radius 2 is 1.92 bits per heavy atom. The Kier molecular flexibility index (Phi) is 5.73. The summed E-state index contributed by atoms with van der Waals surface area (Å²) in [5, 5.41) is 14.0.